The molecule has 1 heterocycles. The van der Waals surface area contributed by atoms with Crippen molar-refractivity contribution in [1.82, 2.24) is 14.9 Å². The molecule has 0 saturated heterocycles. The lowest BCUT2D eigenvalue weighted by atomic mass is 10.2. The molecular formula is C27H31N5O7S. The first kappa shape index (κ1) is 28.8. The van der Waals surface area contributed by atoms with E-state index in [9.17, 15) is 18.6 Å². The van der Waals surface area contributed by atoms with Crippen molar-refractivity contribution in [3.05, 3.63) is 66.2 Å². The third-order valence-corrected chi connectivity index (χ3v) is 7.21. The monoisotopic (exact) mass is 569 g/mol. The smallest absolute Gasteiger partial charge is 0.263 e. The van der Waals surface area contributed by atoms with Gasteiger partial charge >= 0.3 is 0 Å². The van der Waals surface area contributed by atoms with Crippen LogP contribution in [-0.2, 0) is 10.0 Å². The van der Waals surface area contributed by atoms with Crippen LogP contribution in [0.5, 0.6) is 17.2 Å². The van der Waals surface area contributed by atoms with E-state index in [0.717, 1.165) is 0 Å². The molecule has 40 heavy (non-hydrogen) atoms. The number of benzene rings is 3. The number of para-hydroxylation sites is 2. The van der Waals surface area contributed by atoms with E-state index in [-0.39, 0.29) is 35.5 Å². The lowest BCUT2D eigenvalue weighted by Gasteiger charge is -2.19. The van der Waals surface area contributed by atoms with Crippen molar-refractivity contribution in [2.75, 3.05) is 51.6 Å². The van der Waals surface area contributed by atoms with E-state index in [1.54, 1.807) is 55.4 Å². The standard InChI is InChI=1S/C27H31N5O7S/c1-32(2)27(34)17-9-11-19(12-10-17)40(35,36)31-26-25(28-20-7-5-6-8-21(20)29-26)30-22-15-18(37-3)16-23(38-4)24(22)39-14-13-33/h5-12,15-16,27,33-34H,13-14H2,1-4H3,(H,28,30)(H,29,31). The fourth-order valence-electron chi connectivity index (χ4n) is 3.83. The van der Waals surface area contributed by atoms with Crippen LogP contribution < -0.4 is 24.2 Å². The van der Waals surface area contributed by atoms with Gasteiger partial charge in [0.2, 0.25) is 0 Å². The average molecular weight is 570 g/mol. The largest absolute Gasteiger partial charge is 0.497 e. The van der Waals surface area contributed by atoms with Crippen LogP contribution >= 0.6 is 0 Å². The molecule has 0 aliphatic carbocycles. The summed E-state index contributed by atoms with van der Waals surface area (Å²) in [6.07, 6.45) is -0.881. The molecule has 1 atom stereocenters. The number of aliphatic hydroxyl groups excluding tert-OH is 2. The van der Waals surface area contributed by atoms with E-state index in [2.05, 4.69) is 20.0 Å². The third kappa shape index (κ3) is 6.34. The number of hydrogen-bond acceptors (Lipinski definition) is 11. The summed E-state index contributed by atoms with van der Waals surface area (Å²) in [6, 6.07) is 16.1. The number of nitrogens with one attached hydrogen (secondary N) is 2. The summed E-state index contributed by atoms with van der Waals surface area (Å²) in [5, 5.41) is 22.7. The molecule has 1 aromatic heterocycles. The minimum atomic E-state index is -4.11. The number of methoxy groups -OCH3 is 2. The van der Waals surface area contributed by atoms with Gasteiger partial charge in [0.25, 0.3) is 10.0 Å². The fraction of sp³-hybridized carbons (Fsp3) is 0.259. The number of aliphatic hydroxyl groups is 2. The number of aromatic nitrogens is 2. The number of sulfonamides is 1. The highest BCUT2D eigenvalue weighted by Crippen LogP contribution is 2.41. The molecule has 4 aromatic rings. The van der Waals surface area contributed by atoms with Gasteiger partial charge in [0.15, 0.2) is 23.1 Å². The maximum Gasteiger partial charge on any atom is 0.263 e. The van der Waals surface area contributed by atoms with Crippen molar-refractivity contribution in [2.45, 2.75) is 11.1 Å². The molecule has 0 aliphatic rings. The predicted octanol–water partition coefficient (Wildman–Crippen LogP) is 3.12. The fourth-order valence-corrected chi connectivity index (χ4v) is 4.83. The molecule has 3 aromatic carbocycles. The summed E-state index contributed by atoms with van der Waals surface area (Å²) in [5.74, 6) is 1.05. The molecule has 4 rings (SSSR count). The average Bonchev–Trinajstić information content (AvgIpc) is 2.95. The van der Waals surface area contributed by atoms with Crippen LogP contribution in [0.4, 0.5) is 17.3 Å². The molecule has 12 nitrogen and oxygen atoms in total. The topological polar surface area (TPSA) is 155 Å². The van der Waals surface area contributed by atoms with Crippen molar-refractivity contribution in [1.29, 1.82) is 0 Å². The Bertz CT molecular complexity index is 1580. The second-order valence-electron chi connectivity index (χ2n) is 8.82. The summed E-state index contributed by atoms with van der Waals surface area (Å²) in [4.78, 5) is 10.7. The molecule has 4 N–H and O–H groups in total. The first-order valence-electron chi connectivity index (χ1n) is 12.2. The maximum absolute atomic E-state index is 13.4. The molecular weight excluding hydrogens is 538 g/mol. The zero-order chi connectivity index (χ0) is 28.9. The van der Waals surface area contributed by atoms with Gasteiger partial charge in [-0.2, -0.15) is 0 Å². The Morgan fingerprint density at radius 2 is 1.60 bits per heavy atom. The summed E-state index contributed by atoms with van der Waals surface area (Å²) in [7, 11) is 2.26. The van der Waals surface area contributed by atoms with Gasteiger partial charge in [0, 0.05) is 12.1 Å². The summed E-state index contributed by atoms with van der Waals surface area (Å²) < 4.78 is 45.9. The molecule has 0 radical (unpaired) electrons. The van der Waals surface area contributed by atoms with Crippen LogP contribution in [0.1, 0.15) is 11.8 Å². The number of fused-ring (bicyclic) bond motifs is 1. The molecule has 0 bridgehead atoms. The second kappa shape index (κ2) is 12.3. The molecule has 0 amide bonds. The van der Waals surface area contributed by atoms with E-state index in [4.69, 9.17) is 14.2 Å². The van der Waals surface area contributed by atoms with E-state index in [0.29, 0.717) is 33.8 Å². The van der Waals surface area contributed by atoms with Gasteiger partial charge in [-0.05, 0) is 43.9 Å². The lowest BCUT2D eigenvalue weighted by molar-refractivity contribution is 0.0395. The minimum Gasteiger partial charge on any atom is -0.497 e. The van der Waals surface area contributed by atoms with Crippen LogP contribution in [0.2, 0.25) is 0 Å². The van der Waals surface area contributed by atoms with E-state index in [1.165, 1.54) is 38.5 Å². The van der Waals surface area contributed by atoms with Crippen LogP contribution in [0, 0.1) is 0 Å². The van der Waals surface area contributed by atoms with Crippen molar-refractivity contribution in [3.63, 3.8) is 0 Å². The van der Waals surface area contributed by atoms with Crippen molar-refractivity contribution in [2.24, 2.45) is 0 Å². The molecule has 212 valence electrons. The first-order chi connectivity index (χ1) is 19.2. The number of hydrogen-bond donors (Lipinski definition) is 4. The van der Waals surface area contributed by atoms with Gasteiger partial charge in [-0.1, -0.05) is 24.3 Å². The Kier molecular flexibility index (Phi) is 8.90. The Labute approximate surface area is 232 Å². The molecule has 0 saturated carbocycles. The Hall–Kier alpha value is -4.17. The van der Waals surface area contributed by atoms with Crippen LogP contribution in [-0.4, -0.2) is 75.0 Å². The van der Waals surface area contributed by atoms with Gasteiger partial charge in [-0.25, -0.2) is 18.4 Å². The van der Waals surface area contributed by atoms with Gasteiger partial charge in [-0.3, -0.25) is 9.62 Å². The normalized spacial score (nSPS) is 12.3. The third-order valence-electron chi connectivity index (χ3n) is 5.85. The van der Waals surface area contributed by atoms with Crippen LogP contribution in [0.25, 0.3) is 11.0 Å². The van der Waals surface area contributed by atoms with Crippen molar-refractivity contribution < 1.29 is 32.8 Å². The van der Waals surface area contributed by atoms with Gasteiger partial charge in [0.1, 0.15) is 18.6 Å². The molecule has 1 unspecified atom stereocenters. The van der Waals surface area contributed by atoms with Crippen molar-refractivity contribution >= 4 is 38.4 Å². The Balaban J connectivity index is 1.77. The molecule has 13 heteroatoms. The minimum absolute atomic E-state index is 0.0151. The quantitative estimate of drug-likeness (QED) is 0.186. The first-order valence-corrected chi connectivity index (χ1v) is 13.7. The van der Waals surface area contributed by atoms with E-state index >= 15 is 0 Å². The highest BCUT2D eigenvalue weighted by Gasteiger charge is 2.22. The van der Waals surface area contributed by atoms with Gasteiger partial charge in [-0.15, -0.1) is 0 Å². The number of anilines is 3. The highest BCUT2D eigenvalue weighted by molar-refractivity contribution is 7.92. The van der Waals surface area contributed by atoms with Gasteiger partial charge in [0.05, 0.1) is 42.4 Å². The molecule has 0 spiro atoms. The molecule has 0 aliphatic heterocycles. The highest BCUT2D eigenvalue weighted by atomic mass is 32.2. The SMILES string of the molecule is COc1cc(Nc2nc3ccccc3nc2NS(=O)(=O)c2ccc(C(O)N(C)C)cc2)c(OCCO)c(OC)c1. The summed E-state index contributed by atoms with van der Waals surface area (Å²) >= 11 is 0. The number of nitrogens with zero attached hydrogens (tertiary/aromatic N) is 3. The van der Waals surface area contributed by atoms with Crippen LogP contribution in [0.3, 0.4) is 0 Å². The lowest BCUT2D eigenvalue weighted by Crippen LogP contribution is -2.19. The van der Waals surface area contributed by atoms with E-state index < -0.39 is 16.3 Å². The van der Waals surface area contributed by atoms with Gasteiger partial charge < -0.3 is 29.7 Å². The zero-order valence-electron chi connectivity index (χ0n) is 22.5. The predicted molar refractivity (Wildman–Crippen MR) is 151 cm³/mol. The van der Waals surface area contributed by atoms with E-state index in [1.807, 2.05) is 0 Å². The maximum atomic E-state index is 13.4. The number of ether oxygens (including phenoxy) is 3. The zero-order valence-corrected chi connectivity index (χ0v) is 23.3. The summed E-state index contributed by atoms with van der Waals surface area (Å²) in [6.45, 7) is -0.251. The number of rotatable bonds is 12. The molecule has 0 fully saturated rings. The summed E-state index contributed by atoms with van der Waals surface area (Å²) in [5.41, 5.74) is 1.87. The van der Waals surface area contributed by atoms with Crippen LogP contribution in [0.15, 0.2) is 65.6 Å². The Morgan fingerprint density at radius 3 is 2.17 bits per heavy atom. The second-order valence-corrected chi connectivity index (χ2v) is 10.5. The Morgan fingerprint density at radius 1 is 0.950 bits per heavy atom. The van der Waals surface area contributed by atoms with Crippen molar-refractivity contribution in [3.8, 4) is 17.2 Å².